The number of hydrogen-bond acceptors (Lipinski definition) is 6. The number of carbonyl (C=O) groups excluding carboxylic acids is 1. The lowest BCUT2D eigenvalue weighted by molar-refractivity contribution is 0.0971. The molecule has 7 nitrogen and oxygen atoms in total. The largest absolute Gasteiger partial charge is 0.497 e. The highest BCUT2D eigenvalue weighted by atomic mass is 16.5. The van der Waals surface area contributed by atoms with E-state index in [0.29, 0.717) is 57.6 Å². The molecular formula is C30H29NO6. The molecule has 37 heavy (non-hydrogen) atoms. The van der Waals surface area contributed by atoms with Crippen molar-refractivity contribution >= 4 is 22.6 Å². The van der Waals surface area contributed by atoms with E-state index in [2.05, 4.69) is 13.8 Å². The molecule has 7 heteroatoms. The number of anilines is 1. The average molecular weight is 500 g/mol. The maximum Gasteiger partial charge on any atom is 0.295 e. The van der Waals surface area contributed by atoms with Crippen LogP contribution in [0.1, 0.15) is 47.1 Å². The van der Waals surface area contributed by atoms with Gasteiger partial charge < -0.3 is 18.6 Å². The monoisotopic (exact) mass is 499 g/mol. The second-order valence-electron chi connectivity index (χ2n) is 9.57. The van der Waals surface area contributed by atoms with Crippen LogP contribution < -0.4 is 24.5 Å². The van der Waals surface area contributed by atoms with Crippen LogP contribution in [0.25, 0.3) is 11.0 Å². The van der Waals surface area contributed by atoms with E-state index in [9.17, 15) is 9.59 Å². The first-order valence-corrected chi connectivity index (χ1v) is 12.2. The molecule has 0 fully saturated rings. The van der Waals surface area contributed by atoms with Crippen molar-refractivity contribution in [3.63, 3.8) is 0 Å². The molecular weight excluding hydrogens is 470 g/mol. The number of rotatable bonds is 7. The molecule has 0 bridgehead atoms. The van der Waals surface area contributed by atoms with Crippen molar-refractivity contribution in [1.82, 2.24) is 0 Å². The first-order valence-electron chi connectivity index (χ1n) is 12.2. The third kappa shape index (κ3) is 4.31. The van der Waals surface area contributed by atoms with Gasteiger partial charge in [0.15, 0.2) is 16.9 Å². The van der Waals surface area contributed by atoms with Crippen LogP contribution in [-0.2, 0) is 0 Å². The first kappa shape index (κ1) is 24.4. The second kappa shape index (κ2) is 9.65. The minimum absolute atomic E-state index is 0.0354. The van der Waals surface area contributed by atoms with Crippen molar-refractivity contribution < 1.29 is 23.4 Å². The van der Waals surface area contributed by atoms with Crippen molar-refractivity contribution in [2.75, 3.05) is 25.7 Å². The van der Waals surface area contributed by atoms with Crippen LogP contribution in [0.3, 0.4) is 0 Å². The van der Waals surface area contributed by atoms with Gasteiger partial charge in [0.2, 0.25) is 5.76 Å². The fourth-order valence-corrected chi connectivity index (χ4v) is 4.66. The number of ether oxygens (including phenoxy) is 3. The molecule has 0 saturated carbocycles. The van der Waals surface area contributed by atoms with Gasteiger partial charge in [-0.15, -0.1) is 0 Å². The first-order chi connectivity index (χ1) is 17.8. The zero-order chi connectivity index (χ0) is 26.3. The van der Waals surface area contributed by atoms with Gasteiger partial charge >= 0.3 is 0 Å². The maximum atomic E-state index is 13.9. The van der Waals surface area contributed by atoms with E-state index >= 15 is 0 Å². The Morgan fingerprint density at radius 1 is 0.946 bits per heavy atom. The Hall–Kier alpha value is -4.26. The summed E-state index contributed by atoms with van der Waals surface area (Å²) in [5.41, 5.74) is 2.65. The van der Waals surface area contributed by atoms with Crippen molar-refractivity contribution in [3.8, 4) is 17.2 Å². The van der Waals surface area contributed by atoms with E-state index in [4.69, 9.17) is 18.6 Å². The van der Waals surface area contributed by atoms with E-state index < -0.39 is 11.9 Å². The highest BCUT2D eigenvalue weighted by Gasteiger charge is 2.44. The van der Waals surface area contributed by atoms with E-state index in [1.54, 1.807) is 49.5 Å². The van der Waals surface area contributed by atoms with Gasteiger partial charge in [-0.25, -0.2) is 0 Å². The van der Waals surface area contributed by atoms with Crippen LogP contribution in [0.5, 0.6) is 17.2 Å². The number of methoxy groups -OCH3 is 2. The molecule has 2 heterocycles. The molecule has 3 aromatic carbocycles. The van der Waals surface area contributed by atoms with E-state index in [0.717, 1.165) is 5.56 Å². The molecule has 1 atom stereocenters. The van der Waals surface area contributed by atoms with Crippen LogP contribution in [0.4, 0.5) is 5.69 Å². The number of fused-ring (bicyclic) bond motifs is 2. The maximum absolute atomic E-state index is 13.9. The molecule has 4 aromatic rings. The molecule has 1 amide bonds. The van der Waals surface area contributed by atoms with E-state index in [1.807, 2.05) is 37.3 Å². The topological polar surface area (TPSA) is 78.2 Å². The van der Waals surface area contributed by atoms with Gasteiger partial charge in [0.25, 0.3) is 5.91 Å². The summed E-state index contributed by atoms with van der Waals surface area (Å²) in [6.45, 7) is 6.59. The lowest BCUT2D eigenvalue weighted by atomic mass is 9.97. The fourth-order valence-electron chi connectivity index (χ4n) is 4.66. The molecule has 0 N–H and O–H groups in total. The molecule has 190 valence electrons. The number of hydrogen-bond donors (Lipinski definition) is 0. The summed E-state index contributed by atoms with van der Waals surface area (Å²) in [5.74, 6) is 1.69. The number of carbonyl (C=O) groups is 1. The van der Waals surface area contributed by atoms with Gasteiger partial charge in [0.1, 0.15) is 11.3 Å². The van der Waals surface area contributed by atoms with E-state index in [1.165, 1.54) is 0 Å². The zero-order valence-corrected chi connectivity index (χ0v) is 21.5. The van der Waals surface area contributed by atoms with Crippen molar-refractivity contribution in [2.45, 2.75) is 26.8 Å². The standard InChI is InChI=1S/C30H29NO6/c1-17(2)16-36-24-12-10-19(14-25(24)35-5)27-26-28(32)22-13-18(3)9-11-23(22)37-29(26)30(33)31(27)20-7-6-8-21(15-20)34-4/h6-15,17,27H,16H2,1-5H3. The predicted molar refractivity (Wildman–Crippen MR) is 142 cm³/mol. The normalized spacial score (nSPS) is 14.8. The van der Waals surface area contributed by atoms with Gasteiger partial charge in [0, 0.05) is 11.8 Å². The fraction of sp³-hybridized carbons (Fsp3) is 0.267. The van der Waals surface area contributed by atoms with Gasteiger partial charge in [-0.1, -0.05) is 37.6 Å². The summed E-state index contributed by atoms with van der Waals surface area (Å²) in [4.78, 5) is 29.3. The molecule has 1 aliphatic heterocycles. The summed E-state index contributed by atoms with van der Waals surface area (Å²) in [6, 6.07) is 17.3. The lowest BCUT2D eigenvalue weighted by Gasteiger charge is -2.26. The quantitative estimate of drug-likeness (QED) is 0.315. The summed E-state index contributed by atoms with van der Waals surface area (Å²) < 4.78 is 23.1. The smallest absolute Gasteiger partial charge is 0.295 e. The van der Waals surface area contributed by atoms with Gasteiger partial charge in [-0.05, 0) is 54.8 Å². The van der Waals surface area contributed by atoms with E-state index in [-0.39, 0.29) is 11.2 Å². The third-order valence-corrected chi connectivity index (χ3v) is 6.43. The van der Waals surface area contributed by atoms with Gasteiger partial charge in [-0.3, -0.25) is 14.5 Å². The van der Waals surface area contributed by atoms with Gasteiger partial charge in [0.05, 0.1) is 37.8 Å². The molecule has 1 aromatic heterocycles. The highest BCUT2D eigenvalue weighted by Crippen LogP contribution is 2.44. The minimum atomic E-state index is -0.733. The Morgan fingerprint density at radius 2 is 1.76 bits per heavy atom. The number of nitrogens with zero attached hydrogens (tertiary/aromatic N) is 1. The Balaban J connectivity index is 1.74. The second-order valence-corrected chi connectivity index (χ2v) is 9.57. The number of aryl methyl sites for hydroxylation is 1. The summed E-state index contributed by atoms with van der Waals surface area (Å²) in [6.07, 6.45) is 0. The molecule has 1 aliphatic rings. The zero-order valence-electron chi connectivity index (χ0n) is 21.5. The van der Waals surface area contributed by atoms with Crippen molar-refractivity contribution in [2.24, 2.45) is 5.92 Å². The molecule has 0 spiro atoms. The van der Waals surface area contributed by atoms with Crippen LogP contribution >= 0.6 is 0 Å². The Morgan fingerprint density at radius 3 is 2.49 bits per heavy atom. The van der Waals surface area contributed by atoms with Crippen molar-refractivity contribution in [3.05, 3.63) is 93.3 Å². The van der Waals surface area contributed by atoms with Crippen LogP contribution in [0.15, 0.2) is 69.9 Å². The Bertz CT molecular complexity index is 1550. The SMILES string of the molecule is COc1cccc(N2C(=O)c3oc4ccc(C)cc4c(=O)c3C2c2ccc(OCC(C)C)c(OC)c2)c1. The predicted octanol–water partition coefficient (Wildman–Crippen LogP) is 5.90. The molecule has 0 radical (unpaired) electrons. The minimum Gasteiger partial charge on any atom is -0.497 e. The van der Waals surface area contributed by atoms with Crippen LogP contribution in [0, 0.1) is 12.8 Å². The summed E-state index contributed by atoms with van der Waals surface area (Å²) in [7, 11) is 3.14. The number of benzene rings is 3. The lowest BCUT2D eigenvalue weighted by Crippen LogP contribution is -2.29. The highest BCUT2D eigenvalue weighted by molar-refractivity contribution is 6.10. The van der Waals surface area contributed by atoms with Crippen LogP contribution in [0.2, 0.25) is 0 Å². The Labute approximate surface area is 215 Å². The Kier molecular flexibility index (Phi) is 6.38. The third-order valence-electron chi connectivity index (χ3n) is 6.43. The van der Waals surface area contributed by atoms with Crippen LogP contribution in [-0.4, -0.2) is 26.7 Å². The molecule has 0 aliphatic carbocycles. The van der Waals surface area contributed by atoms with Crippen molar-refractivity contribution in [1.29, 1.82) is 0 Å². The molecule has 1 unspecified atom stereocenters. The number of amides is 1. The van der Waals surface area contributed by atoms with Gasteiger partial charge in [-0.2, -0.15) is 0 Å². The molecule has 0 saturated heterocycles. The average Bonchev–Trinajstić information content (AvgIpc) is 3.20. The summed E-state index contributed by atoms with van der Waals surface area (Å²) >= 11 is 0. The molecule has 5 rings (SSSR count). The summed E-state index contributed by atoms with van der Waals surface area (Å²) in [5, 5.41) is 0.438.